The van der Waals surface area contributed by atoms with Crippen LogP contribution in [0.5, 0.6) is 0 Å². The molecule has 1 fully saturated rings. The molecule has 5 nitrogen and oxygen atoms in total. The van der Waals surface area contributed by atoms with E-state index in [1.807, 2.05) is 18.2 Å². The van der Waals surface area contributed by atoms with E-state index < -0.39 is 5.97 Å². The van der Waals surface area contributed by atoms with Crippen molar-refractivity contribution in [3.05, 3.63) is 35.4 Å². The first-order valence-corrected chi connectivity index (χ1v) is 8.19. The van der Waals surface area contributed by atoms with Gasteiger partial charge in [-0.25, -0.2) is 4.79 Å². The Labute approximate surface area is 136 Å². The molecule has 1 saturated carbocycles. The van der Waals surface area contributed by atoms with Crippen molar-refractivity contribution in [2.75, 3.05) is 6.61 Å². The molecular formula is C18H22N2O3. The molecule has 1 aromatic rings. The lowest BCUT2D eigenvalue weighted by Gasteiger charge is -2.43. The Morgan fingerprint density at radius 1 is 1.43 bits per heavy atom. The van der Waals surface area contributed by atoms with E-state index in [2.05, 4.69) is 18.1 Å². The topological polar surface area (TPSA) is 71.2 Å². The lowest BCUT2D eigenvalue weighted by atomic mass is 9.67. The Balaban J connectivity index is 2.13. The van der Waals surface area contributed by atoms with Crippen molar-refractivity contribution in [2.45, 2.75) is 51.0 Å². The van der Waals surface area contributed by atoms with Crippen molar-refractivity contribution in [2.24, 2.45) is 10.1 Å². The number of fused-ring (bicyclic) bond motifs is 3. The van der Waals surface area contributed by atoms with E-state index in [-0.39, 0.29) is 17.9 Å². The van der Waals surface area contributed by atoms with Crippen molar-refractivity contribution < 1.29 is 14.7 Å². The molecule has 1 heterocycles. The molecule has 1 aliphatic heterocycles. The first-order chi connectivity index (χ1) is 11.1. The van der Waals surface area contributed by atoms with E-state index >= 15 is 0 Å². The van der Waals surface area contributed by atoms with Crippen LogP contribution in [0, 0.1) is 0 Å². The smallest absolute Gasteiger partial charge is 0.362 e. The van der Waals surface area contributed by atoms with Crippen LogP contribution < -0.4 is 0 Å². The highest BCUT2D eigenvalue weighted by Crippen LogP contribution is 2.47. The Kier molecular flexibility index (Phi) is 4.20. The summed E-state index contributed by atoms with van der Waals surface area (Å²) in [7, 11) is 0. The van der Waals surface area contributed by atoms with Crippen molar-refractivity contribution in [1.82, 2.24) is 0 Å². The lowest BCUT2D eigenvalue weighted by molar-refractivity contribution is -0.134. The van der Waals surface area contributed by atoms with Crippen molar-refractivity contribution in [3.8, 4) is 0 Å². The van der Waals surface area contributed by atoms with Gasteiger partial charge in [0.05, 0.1) is 12.1 Å². The zero-order valence-corrected chi connectivity index (χ0v) is 13.6. The number of hydrogen-bond acceptors (Lipinski definition) is 5. The minimum absolute atomic E-state index is 0.107. The number of esters is 1. The van der Waals surface area contributed by atoms with E-state index in [1.54, 1.807) is 6.92 Å². The second-order valence-electron chi connectivity index (χ2n) is 6.37. The highest BCUT2D eigenvalue weighted by Gasteiger charge is 2.43. The fraction of sp³-hybridized carbons (Fsp3) is 0.500. The lowest BCUT2D eigenvalue weighted by Crippen LogP contribution is -2.42. The summed E-state index contributed by atoms with van der Waals surface area (Å²) in [5.74, 6) is -0.292. The van der Waals surface area contributed by atoms with Crippen molar-refractivity contribution in [3.63, 3.8) is 0 Å². The van der Waals surface area contributed by atoms with Crippen LogP contribution in [0.25, 0.3) is 0 Å². The molecule has 0 radical (unpaired) electrons. The third-order valence-electron chi connectivity index (χ3n) is 4.93. The SMILES string of the molecule is CCOC(=O)/C(=N\O)C1=NC2(C)CCCCC2c2ccccc21. The number of aliphatic imine (C=N–C) groups is 1. The Bertz CT molecular complexity index is 681. The maximum absolute atomic E-state index is 12.2. The minimum atomic E-state index is -0.638. The quantitative estimate of drug-likeness (QED) is 0.403. The fourth-order valence-corrected chi connectivity index (χ4v) is 3.84. The highest BCUT2D eigenvalue weighted by atomic mass is 16.5. The number of rotatable bonds is 3. The molecule has 3 rings (SSSR count). The molecule has 0 bridgehead atoms. The van der Waals surface area contributed by atoms with Gasteiger partial charge in [-0.05, 0) is 32.3 Å². The zero-order chi connectivity index (χ0) is 16.4. The zero-order valence-electron chi connectivity index (χ0n) is 13.6. The molecule has 0 spiro atoms. The molecule has 1 N–H and O–H groups in total. The van der Waals surface area contributed by atoms with Crippen LogP contribution in [0.1, 0.15) is 56.6 Å². The van der Waals surface area contributed by atoms with Crippen LogP contribution in [-0.2, 0) is 9.53 Å². The third-order valence-corrected chi connectivity index (χ3v) is 4.93. The van der Waals surface area contributed by atoms with Gasteiger partial charge >= 0.3 is 5.97 Å². The van der Waals surface area contributed by atoms with Gasteiger partial charge in [-0.2, -0.15) is 0 Å². The number of carbonyl (C=O) groups excluding carboxylic acids is 1. The summed E-state index contributed by atoms with van der Waals surface area (Å²) in [5, 5.41) is 12.6. The van der Waals surface area contributed by atoms with Crippen molar-refractivity contribution >= 4 is 17.4 Å². The predicted molar refractivity (Wildman–Crippen MR) is 88.4 cm³/mol. The number of oxime groups is 1. The van der Waals surface area contributed by atoms with E-state index in [1.165, 1.54) is 12.0 Å². The summed E-state index contributed by atoms with van der Waals surface area (Å²) in [6.45, 7) is 4.08. The van der Waals surface area contributed by atoms with Gasteiger partial charge in [-0.3, -0.25) is 4.99 Å². The standard InChI is InChI=1S/C18H22N2O3/c1-3-23-17(21)16(20-22)15-13-9-5-4-8-12(13)14-10-6-7-11-18(14,2)19-15/h4-5,8-9,14,22H,3,6-7,10-11H2,1-2H3/b20-16-. The van der Waals surface area contributed by atoms with Crippen LogP contribution in [0.15, 0.2) is 34.4 Å². The van der Waals surface area contributed by atoms with Gasteiger partial charge in [0, 0.05) is 11.5 Å². The molecule has 1 aliphatic carbocycles. The average molecular weight is 314 g/mol. The summed E-state index contributed by atoms with van der Waals surface area (Å²) >= 11 is 0. The summed E-state index contributed by atoms with van der Waals surface area (Å²) in [4.78, 5) is 17.0. The van der Waals surface area contributed by atoms with Gasteiger partial charge in [0.2, 0.25) is 5.71 Å². The molecule has 1 aromatic carbocycles. The van der Waals surface area contributed by atoms with Gasteiger partial charge in [0.15, 0.2) is 0 Å². The highest BCUT2D eigenvalue weighted by molar-refractivity contribution is 6.69. The molecule has 23 heavy (non-hydrogen) atoms. The van der Waals surface area contributed by atoms with Crippen LogP contribution in [0.4, 0.5) is 0 Å². The molecule has 2 atom stereocenters. The normalized spacial score (nSPS) is 26.8. The third kappa shape index (κ3) is 2.64. The van der Waals surface area contributed by atoms with E-state index in [0.717, 1.165) is 24.8 Å². The summed E-state index contributed by atoms with van der Waals surface area (Å²) in [5.41, 5.74) is 2.14. The van der Waals surface area contributed by atoms with Crippen LogP contribution in [-0.4, -0.2) is 34.7 Å². The largest absolute Gasteiger partial charge is 0.461 e. The van der Waals surface area contributed by atoms with E-state index in [4.69, 9.17) is 9.73 Å². The average Bonchev–Trinajstić information content (AvgIpc) is 2.55. The van der Waals surface area contributed by atoms with Gasteiger partial charge in [0.25, 0.3) is 0 Å². The number of benzene rings is 1. The number of hydrogen-bond donors (Lipinski definition) is 1. The first-order valence-electron chi connectivity index (χ1n) is 8.19. The molecule has 5 heteroatoms. The van der Waals surface area contributed by atoms with Gasteiger partial charge < -0.3 is 9.94 Å². The van der Waals surface area contributed by atoms with Gasteiger partial charge in [0.1, 0.15) is 5.71 Å². The van der Waals surface area contributed by atoms with Gasteiger partial charge in [-0.15, -0.1) is 0 Å². The van der Waals surface area contributed by atoms with Crippen LogP contribution in [0.2, 0.25) is 0 Å². The Morgan fingerprint density at radius 3 is 2.96 bits per heavy atom. The molecule has 0 aromatic heterocycles. The number of ether oxygens (including phenoxy) is 1. The van der Waals surface area contributed by atoms with Crippen LogP contribution >= 0.6 is 0 Å². The monoisotopic (exact) mass is 314 g/mol. The maximum Gasteiger partial charge on any atom is 0.362 e. The Morgan fingerprint density at radius 2 is 2.22 bits per heavy atom. The van der Waals surface area contributed by atoms with E-state index in [0.29, 0.717) is 11.6 Å². The summed E-state index contributed by atoms with van der Waals surface area (Å²) in [6.07, 6.45) is 4.38. The number of carbonyl (C=O) groups is 1. The molecule has 0 amide bonds. The van der Waals surface area contributed by atoms with Gasteiger partial charge in [-0.1, -0.05) is 42.3 Å². The first kappa shape index (κ1) is 15.7. The molecule has 122 valence electrons. The second-order valence-corrected chi connectivity index (χ2v) is 6.37. The Hall–Kier alpha value is -2.17. The molecule has 2 aliphatic rings. The molecular weight excluding hydrogens is 292 g/mol. The summed E-state index contributed by atoms with van der Waals surface area (Å²) < 4.78 is 5.02. The van der Waals surface area contributed by atoms with E-state index in [9.17, 15) is 10.0 Å². The summed E-state index contributed by atoms with van der Waals surface area (Å²) in [6, 6.07) is 7.96. The fourth-order valence-electron chi connectivity index (χ4n) is 3.84. The second kappa shape index (κ2) is 6.14. The minimum Gasteiger partial charge on any atom is -0.461 e. The van der Waals surface area contributed by atoms with Crippen molar-refractivity contribution in [1.29, 1.82) is 0 Å². The maximum atomic E-state index is 12.2. The predicted octanol–water partition coefficient (Wildman–Crippen LogP) is 3.30. The molecule has 0 saturated heterocycles. The number of nitrogens with zero attached hydrogens (tertiary/aromatic N) is 2. The molecule has 2 unspecified atom stereocenters. The van der Waals surface area contributed by atoms with Crippen LogP contribution in [0.3, 0.4) is 0 Å².